The SMILES string of the molecule is Fc1cccc(-c2nnc(SCc3ccccn3)o2)c1. The van der Waals surface area contributed by atoms with Gasteiger partial charge in [-0.3, -0.25) is 4.98 Å². The van der Waals surface area contributed by atoms with Crippen molar-refractivity contribution in [3.8, 4) is 11.5 Å². The van der Waals surface area contributed by atoms with Gasteiger partial charge in [-0.2, -0.15) is 0 Å². The van der Waals surface area contributed by atoms with E-state index in [0.29, 0.717) is 22.4 Å². The molecule has 0 fully saturated rings. The van der Waals surface area contributed by atoms with Crippen LogP contribution in [-0.2, 0) is 5.75 Å². The molecule has 3 rings (SSSR count). The number of pyridine rings is 1. The topological polar surface area (TPSA) is 51.8 Å². The Bertz CT molecular complexity index is 702. The highest BCUT2D eigenvalue weighted by molar-refractivity contribution is 7.98. The molecule has 0 aliphatic rings. The highest BCUT2D eigenvalue weighted by Crippen LogP contribution is 2.25. The van der Waals surface area contributed by atoms with Crippen LogP contribution in [0.25, 0.3) is 11.5 Å². The molecule has 20 heavy (non-hydrogen) atoms. The van der Waals surface area contributed by atoms with Gasteiger partial charge in [0.15, 0.2) is 0 Å². The van der Waals surface area contributed by atoms with E-state index in [1.54, 1.807) is 18.3 Å². The Morgan fingerprint density at radius 3 is 2.85 bits per heavy atom. The lowest BCUT2D eigenvalue weighted by atomic mass is 10.2. The summed E-state index contributed by atoms with van der Waals surface area (Å²) in [5, 5.41) is 8.29. The Kier molecular flexibility index (Phi) is 3.73. The van der Waals surface area contributed by atoms with Gasteiger partial charge in [0.2, 0.25) is 5.89 Å². The molecule has 0 bridgehead atoms. The maximum atomic E-state index is 13.1. The van der Waals surface area contributed by atoms with E-state index in [0.717, 1.165) is 5.69 Å². The van der Waals surface area contributed by atoms with E-state index in [9.17, 15) is 4.39 Å². The average Bonchev–Trinajstić information content (AvgIpc) is 2.95. The van der Waals surface area contributed by atoms with Gasteiger partial charge >= 0.3 is 0 Å². The summed E-state index contributed by atoms with van der Waals surface area (Å²) in [6, 6.07) is 11.8. The van der Waals surface area contributed by atoms with Gasteiger partial charge in [-0.15, -0.1) is 10.2 Å². The number of thioether (sulfide) groups is 1. The molecular formula is C14H10FN3OS. The van der Waals surface area contributed by atoms with Crippen LogP contribution < -0.4 is 0 Å². The minimum atomic E-state index is -0.330. The third-order valence-corrected chi connectivity index (χ3v) is 3.40. The molecule has 0 saturated carbocycles. The van der Waals surface area contributed by atoms with E-state index < -0.39 is 0 Å². The summed E-state index contributed by atoms with van der Waals surface area (Å²) >= 11 is 1.40. The predicted octanol–water partition coefficient (Wildman–Crippen LogP) is 3.56. The second-order valence-electron chi connectivity index (χ2n) is 3.99. The third kappa shape index (κ3) is 3.03. The summed E-state index contributed by atoms with van der Waals surface area (Å²) in [6.45, 7) is 0. The minimum absolute atomic E-state index is 0.313. The number of benzene rings is 1. The van der Waals surface area contributed by atoms with Gasteiger partial charge in [0.1, 0.15) is 5.82 Å². The number of aromatic nitrogens is 3. The van der Waals surface area contributed by atoms with Crippen LogP contribution in [0.1, 0.15) is 5.69 Å². The fourth-order valence-corrected chi connectivity index (χ4v) is 2.30. The molecule has 0 spiro atoms. The van der Waals surface area contributed by atoms with E-state index in [1.165, 1.54) is 23.9 Å². The van der Waals surface area contributed by atoms with Crippen molar-refractivity contribution < 1.29 is 8.81 Å². The van der Waals surface area contributed by atoms with Gasteiger partial charge in [0.25, 0.3) is 5.22 Å². The molecule has 0 unspecified atom stereocenters. The third-order valence-electron chi connectivity index (χ3n) is 2.55. The van der Waals surface area contributed by atoms with Gasteiger partial charge in [0.05, 0.1) is 5.69 Å². The fourth-order valence-electron chi connectivity index (χ4n) is 1.63. The lowest BCUT2D eigenvalue weighted by molar-refractivity contribution is 0.465. The molecule has 0 N–H and O–H groups in total. The summed E-state index contributed by atoms with van der Waals surface area (Å²) in [5.41, 5.74) is 1.50. The van der Waals surface area contributed by atoms with Crippen molar-refractivity contribution in [2.24, 2.45) is 0 Å². The maximum absolute atomic E-state index is 13.1. The quantitative estimate of drug-likeness (QED) is 0.687. The summed E-state index contributed by atoms with van der Waals surface area (Å²) in [5.74, 6) is 0.627. The number of nitrogens with zero attached hydrogens (tertiary/aromatic N) is 3. The van der Waals surface area contributed by atoms with Crippen LogP contribution in [0.4, 0.5) is 4.39 Å². The Labute approximate surface area is 119 Å². The van der Waals surface area contributed by atoms with Gasteiger partial charge in [0, 0.05) is 17.5 Å². The van der Waals surface area contributed by atoms with Crippen molar-refractivity contribution in [1.29, 1.82) is 0 Å². The molecule has 0 amide bonds. The Morgan fingerprint density at radius 1 is 1.10 bits per heavy atom. The molecule has 1 aromatic carbocycles. The standard InChI is InChI=1S/C14H10FN3OS/c15-11-5-3-4-10(8-11)13-17-18-14(19-13)20-9-12-6-1-2-7-16-12/h1-8H,9H2. The molecule has 2 heterocycles. The van der Waals surface area contributed by atoms with Crippen LogP contribution in [0, 0.1) is 5.82 Å². The molecule has 0 radical (unpaired) electrons. The lowest BCUT2D eigenvalue weighted by Gasteiger charge is -1.96. The summed E-state index contributed by atoms with van der Waals surface area (Å²) < 4.78 is 18.6. The molecule has 3 aromatic rings. The average molecular weight is 287 g/mol. The Balaban J connectivity index is 1.71. The van der Waals surface area contributed by atoms with E-state index in [4.69, 9.17) is 4.42 Å². The van der Waals surface area contributed by atoms with Crippen LogP contribution in [-0.4, -0.2) is 15.2 Å². The highest BCUT2D eigenvalue weighted by Gasteiger charge is 2.10. The van der Waals surface area contributed by atoms with Crippen molar-refractivity contribution in [1.82, 2.24) is 15.2 Å². The molecule has 0 aliphatic carbocycles. The maximum Gasteiger partial charge on any atom is 0.277 e. The first-order chi connectivity index (χ1) is 9.81. The zero-order chi connectivity index (χ0) is 13.8. The van der Waals surface area contributed by atoms with Crippen molar-refractivity contribution in [3.05, 3.63) is 60.2 Å². The summed E-state index contributed by atoms with van der Waals surface area (Å²) in [7, 11) is 0. The molecular weight excluding hydrogens is 277 g/mol. The second-order valence-corrected chi connectivity index (χ2v) is 4.92. The summed E-state index contributed by atoms with van der Waals surface area (Å²) in [6.07, 6.45) is 1.74. The first-order valence-electron chi connectivity index (χ1n) is 5.93. The second kappa shape index (κ2) is 5.83. The summed E-state index contributed by atoms with van der Waals surface area (Å²) in [4.78, 5) is 4.21. The number of rotatable bonds is 4. The van der Waals surface area contributed by atoms with Crippen LogP contribution >= 0.6 is 11.8 Å². The number of hydrogen-bond acceptors (Lipinski definition) is 5. The molecule has 100 valence electrons. The predicted molar refractivity (Wildman–Crippen MR) is 73.5 cm³/mol. The zero-order valence-electron chi connectivity index (χ0n) is 10.4. The van der Waals surface area contributed by atoms with Gasteiger partial charge in [-0.25, -0.2) is 4.39 Å². The smallest absolute Gasteiger partial charge is 0.277 e. The Morgan fingerprint density at radius 2 is 2.05 bits per heavy atom. The van der Waals surface area contributed by atoms with Gasteiger partial charge < -0.3 is 4.42 Å². The largest absolute Gasteiger partial charge is 0.411 e. The van der Waals surface area contributed by atoms with Crippen molar-refractivity contribution in [2.75, 3.05) is 0 Å². The van der Waals surface area contributed by atoms with Gasteiger partial charge in [-0.05, 0) is 30.3 Å². The van der Waals surface area contributed by atoms with Gasteiger partial charge in [-0.1, -0.05) is 23.9 Å². The van der Waals surface area contributed by atoms with Crippen LogP contribution in [0.15, 0.2) is 58.3 Å². The molecule has 2 aromatic heterocycles. The van der Waals surface area contributed by atoms with Crippen LogP contribution in [0.5, 0.6) is 0 Å². The zero-order valence-corrected chi connectivity index (χ0v) is 11.2. The first kappa shape index (κ1) is 12.8. The minimum Gasteiger partial charge on any atom is -0.411 e. The van der Waals surface area contributed by atoms with Crippen molar-refractivity contribution >= 4 is 11.8 Å². The van der Waals surface area contributed by atoms with Crippen molar-refractivity contribution in [2.45, 2.75) is 11.0 Å². The highest BCUT2D eigenvalue weighted by atomic mass is 32.2. The Hall–Kier alpha value is -2.21. The molecule has 0 atom stereocenters. The van der Waals surface area contributed by atoms with E-state index >= 15 is 0 Å². The van der Waals surface area contributed by atoms with E-state index in [2.05, 4.69) is 15.2 Å². The molecule has 4 nitrogen and oxygen atoms in total. The molecule has 0 aliphatic heterocycles. The molecule has 0 saturated heterocycles. The normalized spacial score (nSPS) is 10.7. The number of halogens is 1. The van der Waals surface area contributed by atoms with Crippen LogP contribution in [0.3, 0.4) is 0 Å². The monoisotopic (exact) mass is 287 g/mol. The lowest BCUT2D eigenvalue weighted by Crippen LogP contribution is -1.84. The fraction of sp³-hybridized carbons (Fsp3) is 0.0714. The van der Waals surface area contributed by atoms with E-state index in [1.807, 2.05) is 18.2 Å². The number of hydrogen-bond donors (Lipinski definition) is 0. The molecule has 6 heteroatoms. The van der Waals surface area contributed by atoms with Crippen molar-refractivity contribution in [3.63, 3.8) is 0 Å². The van der Waals surface area contributed by atoms with E-state index in [-0.39, 0.29) is 5.82 Å². The first-order valence-corrected chi connectivity index (χ1v) is 6.92. The van der Waals surface area contributed by atoms with Crippen LogP contribution in [0.2, 0.25) is 0 Å².